The number of para-hydroxylation sites is 1. The van der Waals surface area contributed by atoms with Crippen LogP contribution in [0.3, 0.4) is 0 Å². The summed E-state index contributed by atoms with van der Waals surface area (Å²) in [5, 5.41) is 0.758. The van der Waals surface area contributed by atoms with Gasteiger partial charge in [0.15, 0.2) is 5.75 Å². The lowest BCUT2D eigenvalue weighted by Gasteiger charge is -2.17. The molecule has 0 fully saturated rings. The Morgan fingerprint density at radius 1 is 0.824 bits per heavy atom. The molecule has 0 amide bonds. The molecule has 4 aromatic carbocycles. The summed E-state index contributed by atoms with van der Waals surface area (Å²) in [6, 6.07) is 21.4. The number of rotatable bonds is 5. The highest BCUT2D eigenvalue weighted by Crippen LogP contribution is 2.40. The van der Waals surface area contributed by atoms with Crippen molar-refractivity contribution >= 4 is 38.5 Å². The second-order valence-electron chi connectivity index (χ2n) is 7.04. The molecule has 0 heterocycles. The predicted octanol–water partition coefficient (Wildman–Crippen LogP) is 6.61. The van der Waals surface area contributed by atoms with Crippen LogP contribution in [0.25, 0.3) is 21.9 Å². The van der Waals surface area contributed by atoms with Crippen LogP contribution in [0, 0.1) is 0 Å². The molecule has 0 bridgehead atoms. The molecule has 174 valence electrons. The number of esters is 1. The number of fused-ring (bicyclic) bond motifs is 1. The first kappa shape index (κ1) is 23.6. The quantitative estimate of drug-likeness (QED) is 0.132. The molecule has 4 aromatic rings. The fourth-order valence-corrected chi connectivity index (χ4v) is 3.91. The van der Waals surface area contributed by atoms with Crippen molar-refractivity contribution in [2.24, 2.45) is 0 Å². The minimum atomic E-state index is -6.00. The molecular weight excluding hydrogens is 493 g/mol. The summed E-state index contributed by atoms with van der Waals surface area (Å²) in [6.07, 6.45) is 0. The third-order valence-electron chi connectivity index (χ3n) is 4.80. The normalized spacial score (nSPS) is 11.9. The third-order valence-corrected chi connectivity index (χ3v) is 6.01. The zero-order chi connectivity index (χ0) is 24.5. The van der Waals surface area contributed by atoms with E-state index in [0.717, 1.165) is 6.07 Å². The summed E-state index contributed by atoms with van der Waals surface area (Å²) in [5.41, 5.74) is -5.04. The second kappa shape index (κ2) is 9.00. The monoisotopic (exact) mass is 506 g/mol. The van der Waals surface area contributed by atoms with Crippen LogP contribution in [0.5, 0.6) is 11.5 Å². The summed E-state index contributed by atoms with van der Waals surface area (Å²) < 4.78 is 72.4. The van der Waals surface area contributed by atoms with Crippen LogP contribution in [0.2, 0.25) is 5.02 Å². The number of benzene rings is 4. The van der Waals surface area contributed by atoms with Gasteiger partial charge in [0, 0.05) is 16.0 Å². The Morgan fingerprint density at radius 2 is 1.41 bits per heavy atom. The fraction of sp³-hybridized carbons (Fsp3) is 0.0417. The van der Waals surface area contributed by atoms with Gasteiger partial charge in [0.25, 0.3) is 0 Å². The van der Waals surface area contributed by atoms with Crippen molar-refractivity contribution in [3.05, 3.63) is 95.5 Å². The number of carbonyl (C=O) groups is 1. The molecule has 0 spiro atoms. The molecule has 5 nitrogen and oxygen atoms in total. The van der Waals surface area contributed by atoms with Crippen LogP contribution in [-0.2, 0) is 10.1 Å². The summed E-state index contributed by atoms with van der Waals surface area (Å²) in [5.74, 6) is -1.39. The van der Waals surface area contributed by atoms with Gasteiger partial charge in [-0.2, -0.15) is 21.6 Å². The largest absolute Gasteiger partial charge is 0.534 e. The van der Waals surface area contributed by atoms with E-state index < -0.39 is 27.3 Å². The first-order valence-corrected chi connectivity index (χ1v) is 11.4. The Morgan fingerprint density at radius 3 is 2.03 bits per heavy atom. The topological polar surface area (TPSA) is 69.7 Å². The van der Waals surface area contributed by atoms with Crippen LogP contribution < -0.4 is 8.92 Å². The third kappa shape index (κ3) is 4.71. The van der Waals surface area contributed by atoms with E-state index in [1.54, 1.807) is 48.5 Å². The lowest BCUT2D eigenvalue weighted by Crippen LogP contribution is -2.28. The summed E-state index contributed by atoms with van der Waals surface area (Å²) >= 11 is 5.98. The molecule has 0 radical (unpaired) electrons. The van der Waals surface area contributed by atoms with Gasteiger partial charge in [-0.1, -0.05) is 66.2 Å². The molecule has 0 saturated carbocycles. The number of ether oxygens (including phenoxy) is 1. The summed E-state index contributed by atoms with van der Waals surface area (Å²) in [7, 11) is -6.00. The molecule has 0 aromatic heterocycles. The predicted molar refractivity (Wildman–Crippen MR) is 121 cm³/mol. The van der Waals surface area contributed by atoms with Gasteiger partial charge in [-0.05, 0) is 41.3 Å². The van der Waals surface area contributed by atoms with E-state index >= 15 is 0 Å². The van der Waals surface area contributed by atoms with E-state index in [1.165, 1.54) is 30.3 Å². The van der Waals surface area contributed by atoms with E-state index in [0.29, 0.717) is 16.1 Å². The van der Waals surface area contributed by atoms with E-state index in [1.807, 2.05) is 0 Å². The highest BCUT2D eigenvalue weighted by Gasteiger charge is 2.49. The smallest absolute Gasteiger partial charge is 0.423 e. The fourth-order valence-electron chi connectivity index (χ4n) is 3.32. The van der Waals surface area contributed by atoms with Crippen molar-refractivity contribution in [1.29, 1.82) is 0 Å². The molecule has 4 rings (SSSR count). The van der Waals surface area contributed by atoms with Gasteiger partial charge in [0.05, 0.1) is 5.56 Å². The standard InChI is InChI=1S/C24H14ClF3O5S/c25-16-12-10-15(11-13-16)22-19-9-5-4-8-18(19)21(33-34(30,31)24(26,27)28)14-20(22)23(29)32-17-6-2-1-3-7-17/h1-14H. The van der Waals surface area contributed by atoms with Gasteiger partial charge in [0.2, 0.25) is 0 Å². The minimum Gasteiger partial charge on any atom is -0.423 e. The minimum absolute atomic E-state index is 0.0523. The Hall–Kier alpha value is -3.56. The Balaban J connectivity index is 1.97. The lowest BCUT2D eigenvalue weighted by molar-refractivity contribution is -0.0499. The van der Waals surface area contributed by atoms with Crippen molar-refractivity contribution in [1.82, 2.24) is 0 Å². The molecule has 0 aliphatic carbocycles. The maximum Gasteiger partial charge on any atom is 0.534 e. The van der Waals surface area contributed by atoms with Crippen LogP contribution in [0.15, 0.2) is 84.9 Å². The van der Waals surface area contributed by atoms with Crippen molar-refractivity contribution < 1.29 is 35.3 Å². The average molecular weight is 507 g/mol. The first-order valence-electron chi connectivity index (χ1n) is 9.66. The Kier molecular flexibility index (Phi) is 6.24. The van der Waals surface area contributed by atoms with E-state index in [9.17, 15) is 26.4 Å². The van der Waals surface area contributed by atoms with E-state index in [-0.39, 0.29) is 22.1 Å². The highest BCUT2D eigenvalue weighted by molar-refractivity contribution is 7.88. The van der Waals surface area contributed by atoms with E-state index in [4.69, 9.17) is 16.3 Å². The number of hydrogen-bond donors (Lipinski definition) is 0. The molecule has 10 heteroatoms. The molecule has 0 aliphatic heterocycles. The first-order chi connectivity index (χ1) is 16.1. The molecule has 0 unspecified atom stereocenters. The molecular formula is C24H14ClF3O5S. The molecule has 0 atom stereocenters. The van der Waals surface area contributed by atoms with Gasteiger partial charge in [-0.3, -0.25) is 0 Å². The second-order valence-corrected chi connectivity index (χ2v) is 9.01. The van der Waals surface area contributed by atoms with Gasteiger partial charge in [0.1, 0.15) is 5.75 Å². The molecule has 0 N–H and O–H groups in total. The molecule has 34 heavy (non-hydrogen) atoms. The summed E-state index contributed by atoms with van der Waals surface area (Å²) in [6.45, 7) is 0. The molecule has 0 aliphatic rings. The van der Waals surface area contributed by atoms with Crippen LogP contribution in [0.1, 0.15) is 10.4 Å². The van der Waals surface area contributed by atoms with Crippen molar-refractivity contribution in [3.63, 3.8) is 0 Å². The number of alkyl halides is 3. The maximum atomic E-state index is 13.2. The SMILES string of the molecule is O=C(Oc1ccccc1)c1cc(OS(=O)(=O)C(F)(F)F)c2ccccc2c1-c1ccc(Cl)cc1. The van der Waals surface area contributed by atoms with Crippen LogP contribution in [-0.4, -0.2) is 19.9 Å². The molecule has 0 saturated heterocycles. The summed E-state index contributed by atoms with van der Waals surface area (Å²) in [4.78, 5) is 13.2. The van der Waals surface area contributed by atoms with Crippen molar-refractivity contribution in [2.75, 3.05) is 0 Å². The van der Waals surface area contributed by atoms with Gasteiger partial charge in [-0.15, -0.1) is 0 Å². The Bertz CT molecular complexity index is 1470. The van der Waals surface area contributed by atoms with Crippen molar-refractivity contribution in [2.45, 2.75) is 5.51 Å². The lowest BCUT2D eigenvalue weighted by atomic mass is 9.92. The van der Waals surface area contributed by atoms with Gasteiger partial charge in [-0.25, -0.2) is 4.79 Å². The maximum absolute atomic E-state index is 13.2. The number of carbonyl (C=O) groups excluding carboxylic acids is 1. The van der Waals surface area contributed by atoms with Crippen LogP contribution in [0.4, 0.5) is 13.2 Å². The van der Waals surface area contributed by atoms with Crippen molar-refractivity contribution in [3.8, 4) is 22.6 Å². The van der Waals surface area contributed by atoms with Gasteiger partial charge < -0.3 is 8.92 Å². The average Bonchev–Trinajstić information content (AvgIpc) is 2.79. The zero-order valence-corrected chi connectivity index (χ0v) is 18.6. The van der Waals surface area contributed by atoms with E-state index in [2.05, 4.69) is 4.18 Å². The van der Waals surface area contributed by atoms with Gasteiger partial charge >= 0.3 is 21.6 Å². The highest BCUT2D eigenvalue weighted by atomic mass is 35.5. The van der Waals surface area contributed by atoms with Crippen LogP contribution >= 0.6 is 11.6 Å². The zero-order valence-electron chi connectivity index (χ0n) is 17.0. The Labute approximate surface area is 197 Å². The number of hydrogen-bond acceptors (Lipinski definition) is 5. The number of halogens is 4.